The van der Waals surface area contributed by atoms with Gasteiger partial charge in [-0.3, -0.25) is 9.59 Å². The lowest BCUT2D eigenvalue weighted by Gasteiger charge is -2.44. The summed E-state index contributed by atoms with van der Waals surface area (Å²) in [7, 11) is -2.50. The number of benzene rings is 2. The Labute approximate surface area is 151 Å². The molecule has 2 aromatic carbocycles. The third-order valence-electron chi connectivity index (χ3n) is 4.80. The maximum absolute atomic E-state index is 13.2. The van der Waals surface area contributed by atoms with Crippen LogP contribution in [0.5, 0.6) is 0 Å². The lowest BCUT2D eigenvalue weighted by Crippen LogP contribution is -2.65. The number of amides is 1. The van der Waals surface area contributed by atoms with Crippen molar-refractivity contribution in [2.45, 2.75) is 23.8 Å². The summed E-state index contributed by atoms with van der Waals surface area (Å²) in [5.41, 5.74) is -1.66. The van der Waals surface area contributed by atoms with Crippen LogP contribution in [0.25, 0.3) is 10.8 Å². The van der Waals surface area contributed by atoms with Gasteiger partial charge in [0, 0.05) is 20.1 Å². The number of carbonyl (C=O) groups is 2. The van der Waals surface area contributed by atoms with Crippen LogP contribution in [0, 0.1) is 0 Å². The van der Waals surface area contributed by atoms with Gasteiger partial charge in [-0.2, -0.15) is 4.31 Å². The summed E-state index contributed by atoms with van der Waals surface area (Å²) in [6, 6.07) is 12.1. The molecule has 0 spiro atoms. The van der Waals surface area contributed by atoms with Gasteiger partial charge in [0.1, 0.15) is 5.54 Å². The molecule has 0 aromatic heterocycles. The Kier molecular flexibility index (Phi) is 4.49. The minimum absolute atomic E-state index is 0.0428. The number of carboxylic acids is 1. The summed E-state index contributed by atoms with van der Waals surface area (Å²) < 4.78 is 27.5. The monoisotopic (exact) mass is 376 g/mol. The molecule has 1 amide bonds. The standard InChI is InChI=1S/C18H20N2O5S/c1-18(12-16(21)22)17(23)19(2)9-10-20(18)26(24,25)15-8-7-13-5-3-4-6-14(13)11-15/h3-8,11H,9-10,12H2,1-2H3,(H,21,22). The number of nitrogens with zero attached hydrogens (tertiary/aromatic N) is 2. The molecule has 7 nitrogen and oxygen atoms in total. The lowest BCUT2D eigenvalue weighted by atomic mass is 9.94. The molecule has 1 aliphatic rings. The quantitative estimate of drug-likeness (QED) is 0.873. The first kappa shape index (κ1) is 18.3. The summed E-state index contributed by atoms with van der Waals surface area (Å²) in [6.07, 6.45) is -0.594. The highest BCUT2D eigenvalue weighted by Gasteiger charge is 2.51. The number of carbonyl (C=O) groups excluding carboxylic acids is 1. The van der Waals surface area contributed by atoms with E-state index in [4.69, 9.17) is 0 Å². The zero-order chi connectivity index (χ0) is 19.1. The summed E-state index contributed by atoms with van der Waals surface area (Å²) in [4.78, 5) is 25.4. The average molecular weight is 376 g/mol. The maximum atomic E-state index is 13.2. The van der Waals surface area contributed by atoms with Crippen molar-refractivity contribution in [3.63, 3.8) is 0 Å². The molecule has 2 aromatic rings. The van der Waals surface area contributed by atoms with Crippen molar-refractivity contribution in [2.24, 2.45) is 0 Å². The number of carboxylic acid groups (broad SMARTS) is 1. The van der Waals surface area contributed by atoms with Crippen molar-refractivity contribution in [1.29, 1.82) is 0 Å². The Balaban J connectivity index is 2.10. The van der Waals surface area contributed by atoms with Crippen LogP contribution in [0.3, 0.4) is 0 Å². The van der Waals surface area contributed by atoms with Crippen molar-refractivity contribution in [1.82, 2.24) is 9.21 Å². The summed E-state index contributed by atoms with van der Waals surface area (Å²) in [6.45, 7) is 1.62. The molecule has 0 radical (unpaired) electrons. The van der Waals surface area contributed by atoms with E-state index < -0.39 is 33.9 Å². The highest BCUT2D eigenvalue weighted by atomic mass is 32.2. The second-order valence-electron chi connectivity index (χ2n) is 6.66. The molecule has 138 valence electrons. The fraction of sp³-hybridized carbons (Fsp3) is 0.333. The van der Waals surface area contributed by atoms with E-state index in [9.17, 15) is 23.1 Å². The lowest BCUT2D eigenvalue weighted by molar-refractivity contribution is -0.151. The predicted octanol–water partition coefficient (Wildman–Crippen LogP) is 1.54. The van der Waals surface area contributed by atoms with Gasteiger partial charge >= 0.3 is 5.97 Å². The largest absolute Gasteiger partial charge is 0.481 e. The number of rotatable bonds is 4. The zero-order valence-corrected chi connectivity index (χ0v) is 15.4. The molecule has 1 aliphatic heterocycles. The van der Waals surface area contributed by atoms with Crippen LogP contribution in [-0.2, 0) is 19.6 Å². The molecule has 0 aliphatic carbocycles. The van der Waals surface area contributed by atoms with Crippen LogP contribution >= 0.6 is 0 Å². The van der Waals surface area contributed by atoms with Gasteiger partial charge < -0.3 is 10.0 Å². The van der Waals surface area contributed by atoms with E-state index in [0.29, 0.717) is 0 Å². The van der Waals surface area contributed by atoms with E-state index >= 15 is 0 Å². The smallest absolute Gasteiger partial charge is 0.305 e. The molecule has 0 bridgehead atoms. The first-order valence-corrected chi connectivity index (χ1v) is 9.59. The van der Waals surface area contributed by atoms with Crippen molar-refractivity contribution < 1.29 is 23.1 Å². The third kappa shape index (κ3) is 2.95. The van der Waals surface area contributed by atoms with Crippen LogP contribution < -0.4 is 0 Å². The van der Waals surface area contributed by atoms with Crippen molar-refractivity contribution in [2.75, 3.05) is 20.1 Å². The van der Waals surface area contributed by atoms with Gasteiger partial charge in [-0.05, 0) is 29.8 Å². The molecule has 1 saturated heterocycles. The Bertz CT molecular complexity index is 988. The SMILES string of the molecule is CN1CCN(S(=O)(=O)c2ccc3ccccc3c2)C(C)(CC(=O)O)C1=O. The molecule has 1 atom stereocenters. The number of sulfonamides is 1. The molecule has 0 saturated carbocycles. The van der Waals surface area contributed by atoms with Crippen LogP contribution in [0.15, 0.2) is 47.4 Å². The van der Waals surface area contributed by atoms with Crippen LogP contribution in [0.1, 0.15) is 13.3 Å². The van der Waals surface area contributed by atoms with Gasteiger partial charge in [0.25, 0.3) is 0 Å². The first-order valence-electron chi connectivity index (χ1n) is 8.15. The Morgan fingerprint density at radius 3 is 2.46 bits per heavy atom. The molecule has 1 heterocycles. The van der Waals surface area contributed by atoms with Crippen LogP contribution in [0.4, 0.5) is 0 Å². The van der Waals surface area contributed by atoms with Crippen molar-refractivity contribution in [3.8, 4) is 0 Å². The maximum Gasteiger partial charge on any atom is 0.305 e. The van der Waals surface area contributed by atoms with Gasteiger partial charge in [-0.15, -0.1) is 0 Å². The molecule has 1 N–H and O–H groups in total. The highest BCUT2D eigenvalue weighted by Crippen LogP contribution is 2.33. The highest BCUT2D eigenvalue weighted by molar-refractivity contribution is 7.89. The molecular weight excluding hydrogens is 356 g/mol. The van der Waals surface area contributed by atoms with E-state index in [0.717, 1.165) is 15.1 Å². The Hall–Kier alpha value is -2.45. The number of hydrogen-bond acceptors (Lipinski definition) is 4. The van der Waals surface area contributed by atoms with Gasteiger partial charge in [-0.25, -0.2) is 8.42 Å². The fourth-order valence-electron chi connectivity index (χ4n) is 3.41. The summed E-state index contributed by atoms with van der Waals surface area (Å²) in [5, 5.41) is 10.9. The van der Waals surface area contributed by atoms with Crippen LogP contribution in [-0.4, -0.2) is 60.3 Å². The Morgan fingerprint density at radius 1 is 1.15 bits per heavy atom. The van der Waals surface area contributed by atoms with E-state index in [-0.39, 0.29) is 18.0 Å². The normalized spacial score (nSPS) is 21.9. The number of aliphatic carboxylic acids is 1. The van der Waals surface area contributed by atoms with Crippen molar-refractivity contribution >= 4 is 32.7 Å². The van der Waals surface area contributed by atoms with E-state index in [1.54, 1.807) is 25.2 Å². The number of fused-ring (bicyclic) bond motifs is 1. The molecule has 26 heavy (non-hydrogen) atoms. The topological polar surface area (TPSA) is 95.0 Å². The summed E-state index contributed by atoms with van der Waals surface area (Å²) >= 11 is 0. The zero-order valence-electron chi connectivity index (χ0n) is 14.5. The third-order valence-corrected chi connectivity index (χ3v) is 6.82. The minimum Gasteiger partial charge on any atom is -0.481 e. The number of likely N-dealkylation sites (N-methyl/N-ethyl adjacent to an activating group) is 1. The number of hydrogen-bond donors (Lipinski definition) is 1. The minimum atomic E-state index is -4.04. The van der Waals surface area contributed by atoms with Crippen molar-refractivity contribution in [3.05, 3.63) is 42.5 Å². The fourth-order valence-corrected chi connectivity index (χ4v) is 5.17. The van der Waals surface area contributed by atoms with E-state index in [1.165, 1.54) is 17.9 Å². The second-order valence-corrected chi connectivity index (χ2v) is 8.52. The van der Waals surface area contributed by atoms with Gasteiger partial charge in [-0.1, -0.05) is 30.3 Å². The first-order chi connectivity index (χ1) is 12.2. The van der Waals surface area contributed by atoms with Gasteiger partial charge in [0.2, 0.25) is 15.9 Å². The predicted molar refractivity (Wildman–Crippen MR) is 96.1 cm³/mol. The summed E-state index contributed by atoms with van der Waals surface area (Å²) in [5.74, 6) is -1.75. The molecular formula is C18H20N2O5S. The van der Waals surface area contributed by atoms with Crippen LogP contribution in [0.2, 0.25) is 0 Å². The van der Waals surface area contributed by atoms with Gasteiger partial charge in [0.05, 0.1) is 11.3 Å². The second kappa shape index (κ2) is 6.37. The Morgan fingerprint density at radius 2 is 1.81 bits per heavy atom. The van der Waals surface area contributed by atoms with Gasteiger partial charge in [0.15, 0.2) is 0 Å². The average Bonchev–Trinajstić information content (AvgIpc) is 2.58. The number of piperazine rings is 1. The van der Waals surface area contributed by atoms with E-state index in [1.807, 2.05) is 18.2 Å². The molecule has 1 fully saturated rings. The molecule has 1 unspecified atom stereocenters. The molecule has 3 rings (SSSR count). The van der Waals surface area contributed by atoms with E-state index in [2.05, 4.69) is 0 Å². The molecule has 8 heteroatoms.